The van der Waals surface area contributed by atoms with Crippen LogP contribution in [-0.4, -0.2) is 51.4 Å². The number of carbonyl (C=O) groups excluding carboxylic acids is 1. The van der Waals surface area contributed by atoms with Crippen LogP contribution in [0.3, 0.4) is 0 Å². The third-order valence-electron chi connectivity index (χ3n) is 5.39. The molecule has 2 aromatic heterocycles. The summed E-state index contributed by atoms with van der Waals surface area (Å²) in [6, 6.07) is 1.85. The predicted octanol–water partition coefficient (Wildman–Crippen LogP) is 0.861. The fourth-order valence-electron chi connectivity index (χ4n) is 4.08. The van der Waals surface area contributed by atoms with Gasteiger partial charge < -0.3 is 15.0 Å². The normalized spacial score (nSPS) is 22.2. The summed E-state index contributed by atoms with van der Waals surface area (Å²) < 4.78 is 6.99. The smallest absolute Gasteiger partial charge is 0.221 e. The average Bonchev–Trinajstić information content (AvgIpc) is 3.19. The van der Waals surface area contributed by atoms with Crippen molar-refractivity contribution < 1.29 is 9.53 Å². The van der Waals surface area contributed by atoms with E-state index in [-0.39, 0.29) is 17.4 Å². The van der Waals surface area contributed by atoms with Crippen LogP contribution in [-0.2, 0) is 11.8 Å². The Morgan fingerprint density at radius 2 is 2.12 bits per heavy atom. The summed E-state index contributed by atoms with van der Waals surface area (Å²) in [5, 5.41) is 7.54. The van der Waals surface area contributed by atoms with Gasteiger partial charge in [-0.2, -0.15) is 5.10 Å². The van der Waals surface area contributed by atoms with Crippen molar-refractivity contribution >= 4 is 11.7 Å². The van der Waals surface area contributed by atoms with Gasteiger partial charge in [0.2, 0.25) is 11.8 Å². The van der Waals surface area contributed by atoms with Crippen LogP contribution >= 0.6 is 0 Å². The van der Waals surface area contributed by atoms with Crippen molar-refractivity contribution in [2.24, 2.45) is 7.05 Å². The second-order valence-electron chi connectivity index (χ2n) is 6.81. The summed E-state index contributed by atoms with van der Waals surface area (Å²) in [6.45, 7) is 1.66. The highest BCUT2D eigenvalue weighted by Crippen LogP contribution is 2.43. The summed E-state index contributed by atoms with van der Waals surface area (Å²) in [5.41, 5.74) is 0.950. The Morgan fingerprint density at radius 3 is 2.80 bits per heavy atom. The van der Waals surface area contributed by atoms with E-state index in [4.69, 9.17) is 4.74 Å². The monoisotopic (exact) mass is 342 g/mol. The van der Waals surface area contributed by atoms with Gasteiger partial charge in [-0.25, -0.2) is 9.97 Å². The van der Waals surface area contributed by atoms with Gasteiger partial charge in [0.15, 0.2) is 0 Å². The minimum atomic E-state index is -0.187. The third kappa shape index (κ3) is 2.81. The molecule has 0 bridgehead atoms. The first-order chi connectivity index (χ1) is 12.1. The zero-order chi connectivity index (χ0) is 17.4. The molecule has 1 spiro atoms. The molecule has 0 unspecified atom stereocenters. The molecular weight excluding hydrogens is 320 g/mol. The lowest BCUT2D eigenvalue weighted by Crippen LogP contribution is -2.53. The van der Waals surface area contributed by atoms with Crippen LogP contribution in [0.4, 0.5) is 5.82 Å². The molecule has 0 radical (unpaired) electrons. The molecular formula is C17H22N6O2. The Bertz CT molecular complexity index is 781. The fourth-order valence-corrected chi connectivity index (χ4v) is 4.08. The number of nitrogens with one attached hydrogen (secondary N) is 1. The van der Waals surface area contributed by atoms with Crippen LogP contribution in [0.1, 0.15) is 30.7 Å². The zero-order valence-electron chi connectivity index (χ0n) is 14.5. The maximum Gasteiger partial charge on any atom is 0.221 e. The molecule has 8 nitrogen and oxygen atoms in total. The van der Waals surface area contributed by atoms with Crippen LogP contribution < -0.4 is 15.0 Å². The summed E-state index contributed by atoms with van der Waals surface area (Å²) in [4.78, 5) is 22.8. The topological polar surface area (TPSA) is 85.2 Å². The molecule has 132 valence electrons. The van der Waals surface area contributed by atoms with Crippen LogP contribution in [0.2, 0.25) is 0 Å². The molecule has 4 rings (SSSR count). The number of anilines is 1. The minimum absolute atomic E-state index is 0.131. The number of aromatic nitrogens is 4. The first-order valence-corrected chi connectivity index (χ1v) is 8.50. The van der Waals surface area contributed by atoms with Crippen LogP contribution in [0.15, 0.2) is 24.8 Å². The Kier molecular flexibility index (Phi) is 3.82. The van der Waals surface area contributed by atoms with Crippen molar-refractivity contribution in [2.75, 3.05) is 25.1 Å². The van der Waals surface area contributed by atoms with Crippen molar-refractivity contribution in [2.45, 2.75) is 30.7 Å². The molecule has 1 amide bonds. The number of amides is 1. The van der Waals surface area contributed by atoms with E-state index in [1.54, 1.807) is 11.8 Å². The molecule has 2 aliphatic heterocycles. The highest BCUT2D eigenvalue weighted by Gasteiger charge is 2.49. The van der Waals surface area contributed by atoms with Crippen molar-refractivity contribution in [3.05, 3.63) is 30.4 Å². The largest absolute Gasteiger partial charge is 0.481 e. The molecule has 4 heterocycles. The number of methoxy groups -OCH3 is 1. The van der Waals surface area contributed by atoms with E-state index in [2.05, 4.69) is 25.3 Å². The van der Waals surface area contributed by atoms with Gasteiger partial charge in [0, 0.05) is 44.7 Å². The summed E-state index contributed by atoms with van der Waals surface area (Å²) in [7, 11) is 3.51. The molecule has 2 fully saturated rings. The quantitative estimate of drug-likeness (QED) is 0.891. The van der Waals surface area contributed by atoms with Crippen LogP contribution in [0.25, 0.3) is 0 Å². The zero-order valence-corrected chi connectivity index (χ0v) is 14.5. The van der Waals surface area contributed by atoms with Gasteiger partial charge in [-0.3, -0.25) is 9.48 Å². The number of hydrogen-bond donors (Lipinski definition) is 1. The van der Waals surface area contributed by atoms with Crippen molar-refractivity contribution in [1.82, 2.24) is 25.1 Å². The first kappa shape index (κ1) is 15.9. The Balaban J connectivity index is 1.53. The SMILES string of the molecule is COc1cc(N2CCC3(CC2)NC(=O)C[C@H]3c2cnn(C)c2)ncn1. The second kappa shape index (κ2) is 6.02. The summed E-state index contributed by atoms with van der Waals surface area (Å²) in [5.74, 6) is 1.73. The highest BCUT2D eigenvalue weighted by molar-refractivity contribution is 5.81. The lowest BCUT2D eigenvalue weighted by molar-refractivity contribution is -0.119. The van der Waals surface area contributed by atoms with Gasteiger partial charge in [0.05, 0.1) is 18.8 Å². The molecule has 0 saturated carbocycles. The summed E-state index contributed by atoms with van der Waals surface area (Å²) in [6.07, 6.45) is 7.72. The molecule has 8 heteroatoms. The van der Waals surface area contributed by atoms with Crippen LogP contribution in [0, 0.1) is 0 Å². The van der Waals surface area contributed by atoms with E-state index in [9.17, 15) is 4.79 Å². The van der Waals surface area contributed by atoms with Gasteiger partial charge in [-0.15, -0.1) is 0 Å². The predicted molar refractivity (Wildman–Crippen MR) is 91.5 cm³/mol. The second-order valence-corrected chi connectivity index (χ2v) is 6.81. The Morgan fingerprint density at radius 1 is 1.32 bits per heavy atom. The van der Waals surface area contributed by atoms with E-state index in [0.717, 1.165) is 37.3 Å². The summed E-state index contributed by atoms with van der Waals surface area (Å²) >= 11 is 0. The number of carbonyl (C=O) groups is 1. The molecule has 1 N–H and O–H groups in total. The minimum Gasteiger partial charge on any atom is -0.481 e. The van der Waals surface area contributed by atoms with Crippen molar-refractivity contribution in [1.29, 1.82) is 0 Å². The molecule has 1 atom stereocenters. The Labute approximate surface area is 146 Å². The van der Waals surface area contributed by atoms with E-state index in [0.29, 0.717) is 12.3 Å². The number of aryl methyl sites for hydroxylation is 1. The maximum absolute atomic E-state index is 12.2. The molecule has 2 saturated heterocycles. The molecule has 0 aliphatic carbocycles. The van der Waals surface area contributed by atoms with E-state index in [1.807, 2.05) is 25.5 Å². The number of hydrogen-bond acceptors (Lipinski definition) is 6. The van der Waals surface area contributed by atoms with Gasteiger partial charge in [-0.05, 0) is 18.4 Å². The highest BCUT2D eigenvalue weighted by atomic mass is 16.5. The molecule has 2 aliphatic rings. The standard InChI is InChI=1S/C17H22N6O2/c1-22-10-12(9-20-22)13-7-15(24)21-17(13)3-5-23(6-4-17)14-8-16(25-2)19-11-18-14/h8-11,13H,3-7H2,1-2H3,(H,21,24)/t13-/m0/s1. The van der Waals surface area contributed by atoms with Crippen molar-refractivity contribution in [3.63, 3.8) is 0 Å². The number of ether oxygens (including phenoxy) is 1. The van der Waals surface area contributed by atoms with E-state index in [1.165, 1.54) is 6.33 Å². The Hall–Kier alpha value is -2.64. The number of piperidine rings is 1. The third-order valence-corrected chi connectivity index (χ3v) is 5.39. The molecule has 25 heavy (non-hydrogen) atoms. The van der Waals surface area contributed by atoms with Gasteiger partial charge in [0.25, 0.3) is 0 Å². The van der Waals surface area contributed by atoms with E-state index < -0.39 is 0 Å². The van der Waals surface area contributed by atoms with E-state index >= 15 is 0 Å². The maximum atomic E-state index is 12.2. The lowest BCUT2D eigenvalue weighted by atomic mass is 9.75. The van der Waals surface area contributed by atoms with Gasteiger partial charge in [0.1, 0.15) is 12.1 Å². The number of rotatable bonds is 3. The van der Waals surface area contributed by atoms with Gasteiger partial charge >= 0.3 is 0 Å². The average molecular weight is 342 g/mol. The van der Waals surface area contributed by atoms with Crippen LogP contribution in [0.5, 0.6) is 5.88 Å². The molecule has 2 aromatic rings. The van der Waals surface area contributed by atoms with Crippen molar-refractivity contribution in [3.8, 4) is 5.88 Å². The first-order valence-electron chi connectivity index (χ1n) is 8.50. The van der Waals surface area contributed by atoms with Gasteiger partial charge in [-0.1, -0.05) is 0 Å². The number of nitrogens with zero attached hydrogens (tertiary/aromatic N) is 5. The fraction of sp³-hybridized carbons (Fsp3) is 0.529. The molecule has 0 aromatic carbocycles. The lowest BCUT2D eigenvalue weighted by Gasteiger charge is -2.43.